The van der Waals surface area contributed by atoms with Gasteiger partial charge in [-0.25, -0.2) is 0 Å². The summed E-state index contributed by atoms with van der Waals surface area (Å²) in [7, 11) is 0. The maximum atomic E-state index is 12.3. The van der Waals surface area contributed by atoms with Gasteiger partial charge in [0, 0.05) is 22.9 Å². The molecule has 1 aromatic carbocycles. The van der Waals surface area contributed by atoms with E-state index in [1.54, 1.807) is 6.92 Å². The van der Waals surface area contributed by atoms with Crippen molar-refractivity contribution in [3.63, 3.8) is 0 Å². The van der Waals surface area contributed by atoms with Gasteiger partial charge in [0.05, 0.1) is 5.02 Å². The third kappa shape index (κ3) is 2.72. The summed E-state index contributed by atoms with van der Waals surface area (Å²) >= 11 is 11.7. The van der Waals surface area contributed by atoms with Crippen molar-refractivity contribution in [1.82, 2.24) is 0 Å². The van der Waals surface area contributed by atoms with E-state index in [1.165, 1.54) is 18.2 Å². The van der Waals surface area contributed by atoms with Gasteiger partial charge in [0.15, 0.2) is 17.3 Å². The van der Waals surface area contributed by atoms with Crippen LogP contribution in [-0.4, -0.2) is 17.3 Å². The van der Waals surface area contributed by atoms with Crippen LogP contribution in [0.2, 0.25) is 10.0 Å². The van der Waals surface area contributed by atoms with Crippen LogP contribution in [0.1, 0.15) is 30.1 Å². The van der Waals surface area contributed by atoms with E-state index >= 15 is 0 Å². The summed E-state index contributed by atoms with van der Waals surface area (Å²) < 4.78 is 0. The Morgan fingerprint density at radius 3 is 2.58 bits per heavy atom. The quantitative estimate of drug-likeness (QED) is 0.621. The van der Waals surface area contributed by atoms with Crippen molar-refractivity contribution in [2.45, 2.75) is 19.8 Å². The molecule has 3 nitrogen and oxygen atoms in total. The number of Topliss-reactive ketones (excluding diaryl/α,β-unsaturated/α-hetero) is 3. The second kappa shape index (κ2) is 5.43. The fraction of sp³-hybridized carbons (Fsp3) is 0.357. The summed E-state index contributed by atoms with van der Waals surface area (Å²) in [4.78, 5) is 36.2. The van der Waals surface area contributed by atoms with E-state index in [4.69, 9.17) is 23.2 Å². The molecule has 1 aliphatic rings. The molecular formula is C14H12Cl2O3. The molecule has 0 amide bonds. The van der Waals surface area contributed by atoms with Crippen molar-refractivity contribution in [3.8, 4) is 0 Å². The third-order valence-electron chi connectivity index (χ3n) is 3.37. The van der Waals surface area contributed by atoms with Gasteiger partial charge in [-0.2, -0.15) is 0 Å². The molecule has 0 spiro atoms. The highest BCUT2D eigenvalue weighted by atomic mass is 35.5. The Bertz CT molecular complexity index is 566. The van der Waals surface area contributed by atoms with E-state index in [0.29, 0.717) is 11.4 Å². The van der Waals surface area contributed by atoms with Crippen molar-refractivity contribution in [1.29, 1.82) is 0 Å². The molecule has 0 aromatic heterocycles. The lowest BCUT2D eigenvalue weighted by atomic mass is 9.76. The predicted octanol–water partition coefficient (Wildman–Crippen LogP) is 3.36. The number of halogens is 2. The second-order valence-corrected chi connectivity index (χ2v) is 5.57. The minimum atomic E-state index is -1.21. The van der Waals surface area contributed by atoms with E-state index in [2.05, 4.69) is 0 Å². The van der Waals surface area contributed by atoms with E-state index in [0.717, 1.165) is 0 Å². The number of rotatable bonds is 2. The number of carbonyl (C=O) groups is 3. The van der Waals surface area contributed by atoms with Crippen LogP contribution in [0.3, 0.4) is 0 Å². The van der Waals surface area contributed by atoms with Gasteiger partial charge in [0.2, 0.25) is 0 Å². The molecule has 1 fully saturated rings. The number of carbonyl (C=O) groups excluding carboxylic acids is 3. The third-order valence-corrected chi connectivity index (χ3v) is 3.92. The Morgan fingerprint density at radius 2 is 1.95 bits per heavy atom. The van der Waals surface area contributed by atoms with Crippen molar-refractivity contribution in [2.24, 2.45) is 11.8 Å². The fourth-order valence-corrected chi connectivity index (χ4v) is 2.71. The summed E-state index contributed by atoms with van der Waals surface area (Å²) in [6.45, 7) is 1.73. The maximum Gasteiger partial charge on any atom is 0.182 e. The lowest BCUT2D eigenvalue weighted by Gasteiger charge is -2.23. The second-order valence-electron chi connectivity index (χ2n) is 4.73. The van der Waals surface area contributed by atoms with Gasteiger partial charge >= 0.3 is 0 Å². The molecule has 0 N–H and O–H groups in total. The topological polar surface area (TPSA) is 51.2 Å². The van der Waals surface area contributed by atoms with Gasteiger partial charge in [0.1, 0.15) is 5.92 Å². The van der Waals surface area contributed by atoms with E-state index < -0.39 is 11.7 Å². The molecule has 2 unspecified atom stereocenters. The lowest BCUT2D eigenvalue weighted by molar-refractivity contribution is -0.136. The zero-order valence-electron chi connectivity index (χ0n) is 10.3. The summed E-state index contributed by atoms with van der Waals surface area (Å²) in [5, 5.41) is 0.563. The number of hydrogen-bond donors (Lipinski definition) is 0. The van der Waals surface area contributed by atoms with Crippen molar-refractivity contribution in [2.75, 3.05) is 0 Å². The van der Waals surface area contributed by atoms with Crippen molar-refractivity contribution in [3.05, 3.63) is 33.8 Å². The monoisotopic (exact) mass is 298 g/mol. The molecule has 1 saturated carbocycles. The van der Waals surface area contributed by atoms with Crippen LogP contribution in [0, 0.1) is 11.8 Å². The molecule has 2 rings (SSSR count). The van der Waals surface area contributed by atoms with Crippen LogP contribution >= 0.6 is 23.2 Å². The molecular weight excluding hydrogens is 287 g/mol. The van der Waals surface area contributed by atoms with E-state index in [1.807, 2.05) is 0 Å². The molecule has 19 heavy (non-hydrogen) atoms. The summed E-state index contributed by atoms with van der Waals surface area (Å²) in [6, 6.07) is 4.40. The van der Waals surface area contributed by atoms with Crippen molar-refractivity contribution < 1.29 is 14.4 Å². The first-order valence-electron chi connectivity index (χ1n) is 5.97. The van der Waals surface area contributed by atoms with E-state index in [-0.39, 0.29) is 34.5 Å². The van der Waals surface area contributed by atoms with Gasteiger partial charge in [-0.1, -0.05) is 30.1 Å². The molecule has 0 bridgehead atoms. The van der Waals surface area contributed by atoms with Crippen LogP contribution in [0.15, 0.2) is 18.2 Å². The molecule has 2 atom stereocenters. The van der Waals surface area contributed by atoms with Crippen LogP contribution < -0.4 is 0 Å². The van der Waals surface area contributed by atoms with Gasteiger partial charge in [-0.15, -0.1) is 0 Å². The Hall–Kier alpha value is -1.19. The Labute approximate surface area is 120 Å². The summed E-state index contributed by atoms with van der Waals surface area (Å²) in [5.41, 5.74) is 0.173. The zero-order chi connectivity index (χ0) is 14.2. The zero-order valence-corrected chi connectivity index (χ0v) is 11.8. The highest BCUT2D eigenvalue weighted by molar-refractivity contribution is 6.38. The minimum Gasteiger partial charge on any atom is -0.298 e. The molecule has 0 aliphatic heterocycles. The van der Waals surface area contributed by atoms with Crippen LogP contribution in [0.4, 0.5) is 0 Å². The normalized spacial score (nSPS) is 23.5. The average Bonchev–Trinajstić information content (AvgIpc) is 2.34. The minimum absolute atomic E-state index is 0.163. The molecule has 1 aromatic rings. The van der Waals surface area contributed by atoms with Crippen molar-refractivity contribution >= 4 is 40.6 Å². The first-order valence-corrected chi connectivity index (χ1v) is 6.73. The average molecular weight is 299 g/mol. The lowest BCUT2D eigenvalue weighted by Crippen LogP contribution is -2.39. The number of benzene rings is 1. The van der Waals surface area contributed by atoms with Crippen LogP contribution in [-0.2, 0) is 9.59 Å². The van der Waals surface area contributed by atoms with Gasteiger partial charge in [-0.05, 0) is 24.6 Å². The largest absolute Gasteiger partial charge is 0.298 e. The smallest absolute Gasteiger partial charge is 0.182 e. The molecule has 0 radical (unpaired) electrons. The van der Waals surface area contributed by atoms with Crippen LogP contribution in [0.25, 0.3) is 0 Å². The summed E-state index contributed by atoms with van der Waals surface area (Å²) in [5.74, 6) is -2.63. The molecule has 0 saturated heterocycles. The Balaban J connectivity index is 2.37. The van der Waals surface area contributed by atoms with E-state index in [9.17, 15) is 14.4 Å². The Kier molecular flexibility index (Phi) is 4.07. The molecule has 0 heterocycles. The first-order chi connectivity index (χ1) is 8.91. The first kappa shape index (κ1) is 14.2. The Morgan fingerprint density at radius 1 is 1.26 bits per heavy atom. The fourth-order valence-electron chi connectivity index (χ4n) is 2.21. The van der Waals surface area contributed by atoms with Crippen LogP contribution in [0.5, 0.6) is 0 Å². The molecule has 5 heteroatoms. The van der Waals surface area contributed by atoms with Gasteiger partial charge in [-0.3, -0.25) is 14.4 Å². The maximum absolute atomic E-state index is 12.3. The standard InChI is InChI=1S/C14H12Cl2O3/c1-7-2-5-11(17)12(13(7)18)14(19)9-4-3-8(15)6-10(9)16/h3-4,6-7,12H,2,5H2,1H3. The number of hydrogen-bond acceptors (Lipinski definition) is 3. The van der Waals surface area contributed by atoms with Gasteiger partial charge in [0.25, 0.3) is 0 Å². The summed E-state index contributed by atoms with van der Waals surface area (Å²) in [6.07, 6.45) is 0.768. The highest BCUT2D eigenvalue weighted by Gasteiger charge is 2.40. The molecule has 1 aliphatic carbocycles. The number of ketones is 3. The SMILES string of the molecule is CC1CCC(=O)C(C(=O)c2ccc(Cl)cc2Cl)C1=O. The molecule has 100 valence electrons. The van der Waals surface area contributed by atoms with Gasteiger partial charge < -0.3 is 0 Å². The predicted molar refractivity (Wildman–Crippen MR) is 72.7 cm³/mol. The highest BCUT2D eigenvalue weighted by Crippen LogP contribution is 2.29.